The number of nitrogens with one attached hydrogen (secondary N) is 1. The minimum atomic E-state index is -0.333. The van der Waals surface area contributed by atoms with Crippen LogP contribution in [0, 0.1) is 0 Å². The fraction of sp³-hybridized carbons (Fsp3) is 0.227. The predicted molar refractivity (Wildman–Crippen MR) is 114 cm³/mol. The lowest BCUT2D eigenvalue weighted by atomic mass is 10.1. The molecule has 4 aromatic rings. The monoisotopic (exact) mass is 404 g/mol. The van der Waals surface area contributed by atoms with Crippen molar-refractivity contribution < 1.29 is 9.21 Å². The molecule has 0 aliphatic carbocycles. The maximum absolute atomic E-state index is 13.1. The van der Waals surface area contributed by atoms with E-state index in [0.29, 0.717) is 11.1 Å². The smallest absolute Gasteiger partial charge is 0.277 e. The standard InChI is InChI=1S/C22H20N4O2S/c1-13-11-15-7-3-6-10-19(15)26(13)21(27)14(2)29-22-25-24-20(28-22)17-12-23-18-9-5-4-8-16(17)18/h3-10,12-14,23H,11H2,1-2H3/t13-,14-/m1/s1. The summed E-state index contributed by atoms with van der Waals surface area (Å²) in [6.07, 6.45) is 2.74. The molecule has 1 aliphatic rings. The summed E-state index contributed by atoms with van der Waals surface area (Å²) < 4.78 is 5.87. The van der Waals surface area contributed by atoms with Gasteiger partial charge in [-0.25, -0.2) is 0 Å². The Morgan fingerprint density at radius 3 is 2.90 bits per heavy atom. The highest BCUT2D eigenvalue weighted by Gasteiger charge is 2.34. The van der Waals surface area contributed by atoms with Gasteiger partial charge < -0.3 is 14.3 Å². The van der Waals surface area contributed by atoms with Crippen molar-refractivity contribution in [3.05, 3.63) is 60.3 Å². The van der Waals surface area contributed by atoms with Crippen LogP contribution in [0.5, 0.6) is 0 Å². The molecule has 2 aromatic heterocycles. The van der Waals surface area contributed by atoms with Crippen molar-refractivity contribution in [1.82, 2.24) is 15.2 Å². The Bertz CT molecular complexity index is 1200. The van der Waals surface area contributed by atoms with Gasteiger partial charge in [0, 0.05) is 28.8 Å². The zero-order valence-corrected chi connectivity index (χ0v) is 16.9. The Morgan fingerprint density at radius 2 is 2.00 bits per heavy atom. The molecule has 1 amide bonds. The SMILES string of the molecule is C[C@@H]1Cc2ccccc2N1C(=O)[C@@H](C)Sc1nnc(-c2c[nH]c3ccccc23)o1. The molecule has 0 saturated heterocycles. The number of amides is 1. The van der Waals surface area contributed by atoms with Gasteiger partial charge in [-0.2, -0.15) is 0 Å². The minimum absolute atomic E-state index is 0.0549. The summed E-state index contributed by atoms with van der Waals surface area (Å²) in [5.41, 5.74) is 4.09. The van der Waals surface area contributed by atoms with Crippen molar-refractivity contribution >= 4 is 34.3 Å². The predicted octanol–water partition coefficient (Wildman–Crippen LogP) is 4.68. The van der Waals surface area contributed by atoms with E-state index < -0.39 is 0 Å². The molecular weight excluding hydrogens is 384 g/mol. The van der Waals surface area contributed by atoms with Crippen LogP contribution in [0.3, 0.4) is 0 Å². The Kier molecular flexibility index (Phi) is 4.39. The molecule has 0 unspecified atom stereocenters. The number of benzene rings is 2. The van der Waals surface area contributed by atoms with E-state index >= 15 is 0 Å². The van der Waals surface area contributed by atoms with Crippen molar-refractivity contribution in [2.75, 3.05) is 4.90 Å². The number of fused-ring (bicyclic) bond motifs is 2. The zero-order chi connectivity index (χ0) is 20.0. The quantitative estimate of drug-likeness (QED) is 0.500. The second-order valence-corrected chi connectivity index (χ2v) is 8.56. The Hall–Kier alpha value is -3.06. The fourth-order valence-electron chi connectivity index (χ4n) is 3.91. The number of para-hydroxylation sites is 2. The fourth-order valence-corrected chi connectivity index (χ4v) is 4.65. The van der Waals surface area contributed by atoms with E-state index in [1.165, 1.54) is 17.3 Å². The average molecular weight is 404 g/mol. The summed E-state index contributed by atoms with van der Waals surface area (Å²) in [5, 5.41) is 9.43. The van der Waals surface area contributed by atoms with Crippen molar-refractivity contribution in [1.29, 1.82) is 0 Å². The molecule has 6 nitrogen and oxygen atoms in total. The van der Waals surface area contributed by atoms with E-state index in [1.807, 2.05) is 60.5 Å². The van der Waals surface area contributed by atoms with Gasteiger partial charge in [0.25, 0.3) is 11.1 Å². The van der Waals surface area contributed by atoms with E-state index in [4.69, 9.17) is 4.42 Å². The second-order valence-electron chi connectivity index (χ2n) is 7.27. The Balaban J connectivity index is 1.35. The van der Waals surface area contributed by atoms with Gasteiger partial charge in [0.05, 0.1) is 10.8 Å². The van der Waals surface area contributed by atoms with Crippen LogP contribution in [0.25, 0.3) is 22.4 Å². The van der Waals surface area contributed by atoms with Crippen LogP contribution in [-0.2, 0) is 11.2 Å². The summed E-state index contributed by atoms with van der Waals surface area (Å²) >= 11 is 1.30. The van der Waals surface area contributed by atoms with Crippen LogP contribution in [0.2, 0.25) is 0 Å². The van der Waals surface area contributed by atoms with Gasteiger partial charge in [-0.1, -0.05) is 48.2 Å². The van der Waals surface area contributed by atoms with Crippen LogP contribution >= 0.6 is 11.8 Å². The number of H-pyrrole nitrogens is 1. The summed E-state index contributed by atoms with van der Waals surface area (Å²) in [4.78, 5) is 18.2. The number of aromatic amines is 1. The van der Waals surface area contributed by atoms with Crippen LogP contribution in [0.4, 0.5) is 5.69 Å². The molecule has 0 spiro atoms. The van der Waals surface area contributed by atoms with Crippen molar-refractivity contribution in [3.63, 3.8) is 0 Å². The number of anilines is 1. The number of carbonyl (C=O) groups is 1. The molecule has 1 N–H and O–H groups in total. The molecule has 146 valence electrons. The first-order valence-electron chi connectivity index (χ1n) is 9.59. The number of nitrogens with zero attached hydrogens (tertiary/aromatic N) is 3. The van der Waals surface area contributed by atoms with Crippen molar-refractivity contribution in [2.45, 2.75) is 36.8 Å². The van der Waals surface area contributed by atoms with Gasteiger partial charge >= 0.3 is 0 Å². The molecule has 0 bridgehead atoms. The lowest BCUT2D eigenvalue weighted by molar-refractivity contribution is -0.118. The Morgan fingerprint density at radius 1 is 1.21 bits per heavy atom. The van der Waals surface area contributed by atoms with E-state index in [-0.39, 0.29) is 17.2 Å². The first-order chi connectivity index (χ1) is 14.1. The lowest BCUT2D eigenvalue weighted by Gasteiger charge is -2.25. The first-order valence-corrected chi connectivity index (χ1v) is 10.5. The van der Waals surface area contributed by atoms with Crippen LogP contribution < -0.4 is 4.90 Å². The van der Waals surface area contributed by atoms with E-state index in [0.717, 1.165) is 28.6 Å². The normalized spacial score (nSPS) is 16.9. The van der Waals surface area contributed by atoms with Gasteiger partial charge in [0.1, 0.15) is 0 Å². The number of carbonyl (C=O) groups excluding carboxylic acids is 1. The summed E-state index contributed by atoms with van der Waals surface area (Å²) in [6.45, 7) is 3.97. The number of rotatable bonds is 4. The van der Waals surface area contributed by atoms with Crippen LogP contribution in [0.1, 0.15) is 19.4 Å². The van der Waals surface area contributed by atoms with Crippen LogP contribution in [-0.4, -0.2) is 32.4 Å². The third kappa shape index (κ3) is 3.11. The maximum Gasteiger partial charge on any atom is 0.277 e. The third-order valence-corrected chi connectivity index (χ3v) is 6.22. The highest BCUT2D eigenvalue weighted by molar-refractivity contribution is 8.00. The summed E-state index contributed by atoms with van der Waals surface area (Å²) in [6, 6.07) is 16.2. The molecular formula is C22H20N4O2S. The highest BCUT2D eigenvalue weighted by atomic mass is 32.2. The minimum Gasteiger partial charge on any atom is -0.411 e. The molecule has 7 heteroatoms. The van der Waals surface area contributed by atoms with Gasteiger partial charge in [-0.15, -0.1) is 10.2 Å². The maximum atomic E-state index is 13.1. The van der Waals surface area contributed by atoms with Gasteiger partial charge in [0.2, 0.25) is 5.91 Å². The van der Waals surface area contributed by atoms with E-state index in [1.54, 1.807) is 0 Å². The number of hydrogen-bond acceptors (Lipinski definition) is 5. The van der Waals surface area contributed by atoms with E-state index in [2.05, 4.69) is 28.2 Å². The second kappa shape index (κ2) is 7.08. The molecule has 0 radical (unpaired) electrons. The molecule has 5 rings (SSSR count). The molecule has 3 heterocycles. The van der Waals surface area contributed by atoms with E-state index in [9.17, 15) is 4.79 Å². The van der Waals surface area contributed by atoms with Gasteiger partial charge in [0.15, 0.2) is 0 Å². The van der Waals surface area contributed by atoms with Gasteiger partial charge in [-0.05, 0) is 38.0 Å². The molecule has 0 saturated carbocycles. The van der Waals surface area contributed by atoms with Crippen molar-refractivity contribution in [3.8, 4) is 11.5 Å². The van der Waals surface area contributed by atoms with Gasteiger partial charge in [-0.3, -0.25) is 4.79 Å². The number of thioether (sulfide) groups is 1. The number of aromatic nitrogens is 3. The lowest BCUT2D eigenvalue weighted by Crippen LogP contribution is -2.40. The molecule has 29 heavy (non-hydrogen) atoms. The third-order valence-electron chi connectivity index (χ3n) is 5.30. The van der Waals surface area contributed by atoms with Crippen molar-refractivity contribution in [2.24, 2.45) is 0 Å². The molecule has 1 aliphatic heterocycles. The summed E-state index contributed by atoms with van der Waals surface area (Å²) in [7, 11) is 0. The number of hydrogen-bond donors (Lipinski definition) is 1. The molecule has 0 fully saturated rings. The van der Waals surface area contributed by atoms with Crippen LogP contribution in [0.15, 0.2) is 64.4 Å². The largest absolute Gasteiger partial charge is 0.411 e. The molecule has 2 aromatic carbocycles. The highest BCUT2D eigenvalue weighted by Crippen LogP contribution is 2.35. The zero-order valence-electron chi connectivity index (χ0n) is 16.1. The first kappa shape index (κ1) is 18.0. The summed E-state index contributed by atoms with van der Waals surface area (Å²) in [5.74, 6) is 0.503. The topological polar surface area (TPSA) is 75.0 Å². The molecule has 2 atom stereocenters. The average Bonchev–Trinajstić information content (AvgIpc) is 3.43. The Labute approximate surface area is 172 Å².